The molecule has 2 rings (SSSR count). The second-order valence-corrected chi connectivity index (χ2v) is 5.61. The molecule has 0 amide bonds. The topological polar surface area (TPSA) is 29.3 Å². The van der Waals surface area contributed by atoms with Gasteiger partial charge in [0.15, 0.2) is 0 Å². The molecular weight excluding hydrogens is 232 g/mol. The number of aryl methyl sites for hydroxylation is 1. The zero-order valence-electron chi connectivity index (χ0n) is 10.6. The third-order valence-corrected chi connectivity index (χ3v) is 4.15. The van der Waals surface area contributed by atoms with E-state index in [0.717, 1.165) is 30.2 Å². The average Bonchev–Trinajstić information content (AvgIpc) is 2.65. The Bertz CT molecular complexity index is 392. The smallest absolute Gasteiger partial charge is 0.0438 e. The van der Waals surface area contributed by atoms with Gasteiger partial charge in [0.2, 0.25) is 0 Å². The minimum Gasteiger partial charge on any atom is -0.330 e. The average molecular weight is 253 g/mol. The Morgan fingerprint density at radius 2 is 2.24 bits per heavy atom. The Balaban J connectivity index is 2.03. The molecule has 0 spiro atoms. The molecule has 1 saturated heterocycles. The minimum absolute atomic E-state index is 0.628. The lowest BCUT2D eigenvalue weighted by atomic mass is 10.1. The first-order valence-electron chi connectivity index (χ1n) is 6.29. The highest BCUT2D eigenvalue weighted by molar-refractivity contribution is 6.31. The molecular formula is C14H21ClN2. The van der Waals surface area contributed by atoms with E-state index in [2.05, 4.69) is 30.0 Å². The summed E-state index contributed by atoms with van der Waals surface area (Å²) in [5.41, 5.74) is 8.19. The fourth-order valence-electron chi connectivity index (χ4n) is 2.58. The van der Waals surface area contributed by atoms with E-state index >= 15 is 0 Å². The molecule has 0 saturated carbocycles. The highest BCUT2D eigenvalue weighted by Gasteiger charge is 2.27. The summed E-state index contributed by atoms with van der Waals surface area (Å²) in [6.07, 6.45) is 1.22. The maximum Gasteiger partial charge on any atom is 0.0438 e. The summed E-state index contributed by atoms with van der Waals surface area (Å²) in [6, 6.07) is 6.98. The van der Waals surface area contributed by atoms with E-state index in [0.29, 0.717) is 12.0 Å². The van der Waals surface area contributed by atoms with Gasteiger partial charge in [-0.3, -0.25) is 4.90 Å². The summed E-state index contributed by atoms with van der Waals surface area (Å²) in [6.45, 7) is 7.22. The van der Waals surface area contributed by atoms with E-state index < -0.39 is 0 Å². The van der Waals surface area contributed by atoms with E-state index in [-0.39, 0.29) is 0 Å². The number of rotatable bonds is 3. The highest BCUT2D eigenvalue weighted by atomic mass is 35.5. The van der Waals surface area contributed by atoms with Crippen molar-refractivity contribution in [3.8, 4) is 0 Å². The van der Waals surface area contributed by atoms with Gasteiger partial charge in [-0.05, 0) is 49.9 Å². The number of nitrogens with two attached hydrogens (primary N) is 1. The van der Waals surface area contributed by atoms with Crippen LogP contribution in [0.25, 0.3) is 0 Å². The summed E-state index contributed by atoms with van der Waals surface area (Å²) in [4.78, 5) is 2.50. The quantitative estimate of drug-likeness (QED) is 0.897. The molecule has 0 bridgehead atoms. The van der Waals surface area contributed by atoms with Crippen molar-refractivity contribution < 1.29 is 0 Å². The molecule has 2 N–H and O–H groups in total. The van der Waals surface area contributed by atoms with Gasteiger partial charge in [0.05, 0.1) is 0 Å². The van der Waals surface area contributed by atoms with Gasteiger partial charge < -0.3 is 5.73 Å². The standard InChI is InChI=1S/C14H21ClN2/c1-10-3-4-12(6-14(10)15)8-17-9-13(7-16)5-11(17)2/h3-4,6,11,13H,5,7-9,16H2,1-2H3. The van der Waals surface area contributed by atoms with Crippen LogP contribution in [0.5, 0.6) is 0 Å². The maximum absolute atomic E-state index is 6.15. The van der Waals surface area contributed by atoms with Crippen LogP contribution in [0.2, 0.25) is 5.02 Å². The zero-order valence-corrected chi connectivity index (χ0v) is 11.4. The molecule has 1 aromatic rings. The molecule has 0 radical (unpaired) electrons. The van der Waals surface area contributed by atoms with Crippen molar-refractivity contribution in [1.29, 1.82) is 0 Å². The summed E-state index contributed by atoms with van der Waals surface area (Å²) < 4.78 is 0. The predicted octanol–water partition coefficient (Wildman–Crippen LogP) is 2.82. The van der Waals surface area contributed by atoms with E-state index in [1.807, 2.05) is 6.92 Å². The van der Waals surface area contributed by atoms with Crippen molar-refractivity contribution in [1.82, 2.24) is 4.90 Å². The number of nitrogens with zero attached hydrogens (tertiary/aromatic N) is 1. The lowest BCUT2D eigenvalue weighted by Crippen LogP contribution is -2.27. The van der Waals surface area contributed by atoms with Crippen molar-refractivity contribution >= 4 is 11.6 Å². The van der Waals surface area contributed by atoms with Gasteiger partial charge in [-0.2, -0.15) is 0 Å². The molecule has 1 fully saturated rings. The first-order valence-corrected chi connectivity index (χ1v) is 6.67. The molecule has 2 nitrogen and oxygen atoms in total. The van der Waals surface area contributed by atoms with Gasteiger partial charge in [0.25, 0.3) is 0 Å². The summed E-state index contributed by atoms with van der Waals surface area (Å²) in [5, 5.41) is 0.865. The molecule has 94 valence electrons. The molecule has 0 aromatic heterocycles. The van der Waals surface area contributed by atoms with Gasteiger partial charge in [0, 0.05) is 24.2 Å². The van der Waals surface area contributed by atoms with Crippen LogP contribution in [-0.4, -0.2) is 24.0 Å². The molecule has 17 heavy (non-hydrogen) atoms. The van der Waals surface area contributed by atoms with Crippen LogP contribution in [-0.2, 0) is 6.54 Å². The van der Waals surface area contributed by atoms with Crippen LogP contribution in [0, 0.1) is 12.8 Å². The molecule has 1 aliphatic heterocycles. The second-order valence-electron chi connectivity index (χ2n) is 5.20. The Labute approximate surface area is 109 Å². The molecule has 0 aliphatic carbocycles. The first kappa shape index (κ1) is 12.9. The van der Waals surface area contributed by atoms with Crippen molar-refractivity contribution in [3.63, 3.8) is 0 Å². The first-order chi connectivity index (χ1) is 8.10. The third-order valence-electron chi connectivity index (χ3n) is 3.75. The second kappa shape index (κ2) is 5.38. The Morgan fingerprint density at radius 3 is 2.82 bits per heavy atom. The molecule has 1 aromatic carbocycles. The van der Waals surface area contributed by atoms with Crippen LogP contribution in [0.15, 0.2) is 18.2 Å². The number of benzene rings is 1. The SMILES string of the molecule is Cc1ccc(CN2CC(CN)CC2C)cc1Cl. The summed E-state index contributed by atoms with van der Waals surface area (Å²) in [5.74, 6) is 0.658. The van der Waals surface area contributed by atoms with Gasteiger partial charge in [-0.1, -0.05) is 23.7 Å². The van der Waals surface area contributed by atoms with Gasteiger partial charge in [0.1, 0.15) is 0 Å². The van der Waals surface area contributed by atoms with Crippen molar-refractivity contribution in [2.45, 2.75) is 32.9 Å². The van der Waals surface area contributed by atoms with E-state index in [4.69, 9.17) is 17.3 Å². The van der Waals surface area contributed by atoms with Crippen molar-refractivity contribution in [2.24, 2.45) is 11.7 Å². The number of likely N-dealkylation sites (tertiary alicyclic amines) is 1. The fraction of sp³-hybridized carbons (Fsp3) is 0.571. The van der Waals surface area contributed by atoms with E-state index in [1.54, 1.807) is 0 Å². The predicted molar refractivity (Wildman–Crippen MR) is 73.2 cm³/mol. The van der Waals surface area contributed by atoms with Gasteiger partial charge in [-0.25, -0.2) is 0 Å². The zero-order chi connectivity index (χ0) is 12.4. The monoisotopic (exact) mass is 252 g/mol. The van der Waals surface area contributed by atoms with Gasteiger partial charge >= 0.3 is 0 Å². The summed E-state index contributed by atoms with van der Waals surface area (Å²) >= 11 is 6.15. The highest BCUT2D eigenvalue weighted by Crippen LogP contribution is 2.25. The van der Waals surface area contributed by atoms with Crippen molar-refractivity contribution in [3.05, 3.63) is 34.3 Å². The number of halogens is 1. The molecule has 1 aliphatic rings. The van der Waals surface area contributed by atoms with Crippen LogP contribution < -0.4 is 5.73 Å². The largest absolute Gasteiger partial charge is 0.330 e. The Morgan fingerprint density at radius 1 is 1.47 bits per heavy atom. The number of hydrogen-bond donors (Lipinski definition) is 1. The molecule has 2 unspecified atom stereocenters. The minimum atomic E-state index is 0.628. The normalized spacial score (nSPS) is 25.4. The van der Waals surface area contributed by atoms with E-state index in [9.17, 15) is 0 Å². The lowest BCUT2D eigenvalue weighted by Gasteiger charge is -2.21. The van der Waals surface area contributed by atoms with Crippen molar-refractivity contribution in [2.75, 3.05) is 13.1 Å². The summed E-state index contributed by atoms with van der Waals surface area (Å²) in [7, 11) is 0. The molecule has 1 heterocycles. The molecule has 3 heteroatoms. The van der Waals surface area contributed by atoms with Crippen LogP contribution in [0.4, 0.5) is 0 Å². The number of hydrogen-bond acceptors (Lipinski definition) is 2. The Hall–Kier alpha value is -0.570. The van der Waals surface area contributed by atoms with E-state index in [1.165, 1.54) is 12.0 Å². The third kappa shape index (κ3) is 3.01. The van der Waals surface area contributed by atoms with Crippen LogP contribution in [0.1, 0.15) is 24.5 Å². The molecule has 2 atom stereocenters. The van der Waals surface area contributed by atoms with Gasteiger partial charge in [-0.15, -0.1) is 0 Å². The maximum atomic E-state index is 6.15. The fourth-order valence-corrected chi connectivity index (χ4v) is 2.78. The lowest BCUT2D eigenvalue weighted by molar-refractivity contribution is 0.256. The van der Waals surface area contributed by atoms with Crippen LogP contribution >= 0.6 is 11.6 Å². The van der Waals surface area contributed by atoms with Crippen LogP contribution in [0.3, 0.4) is 0 Å². The Kier molecular flexibility index (Phi) is 4.08.